The average Bonchev–Trinajstić information content (AvgIpc) is 2.39. The smallest absolute Gasteiger partial charge is 0.256 e. The second-order valence-electron chi connectivity index (χ2n) is 4.21. The predicted molar refractivity (Wildman–Crippen MR) is 65.4 cm³/mol. The van der Waals surface area contributed by atoms with E-state index in [9.17, 15) is 9.90 Å². The first kappa shape index (κ1) is 11.9. The molecule has 0 atom stereocenters. The fourth-order valence-corrected chi connectivity index (χ4v) is 2.03. The number of carbonyl (C=O) groups is 1. The van der Waals surface area contributed by atoms with E-state index in [2.05, 4.69) is 5.43 Å². The highest BCUT2D eigenvalue weighted by Crippen LogP contribution is 2.19. The molecule has 0 aliphatic carbocycles. The number of nitrogens with zero attached hydrogens (tertiary/aromatic N) is 1. The van der Waals surface area contributed by atoms with Crippen LogP contribution in [0.2, 0.25) is 0 Å². The fraction of sp³-hybridized carbons (Fsp3) is 0.417. The summed E-state index contributed by atoms with van der Waals surface area (Å²) in [6.45, 7) is 1.19. The van der Waals surface area contributed by atoms with Gasteiger partial charge in [0, 0.05) is 13.1 Å². The zero-order valence-electron chi connectivity index (χ0n) is 9.60. The molecule has 0 unspecified atom stereocenters. The van der Waals surface area contributed by atoms with E-state index in [4.69, 9.17) is 5.84 Å². The molecule has 0 bridgehead atoms. The molecular formula is C12H17N3O2. The lowest BCUT2D eigenvalue weighted by atomic mass is 10.1. The number of nitrogen functional groups attached to an aromatic ring is 1. The number of aliphatic hydroxyl groups excluding tert-OH is 1. The van der Waals surface area contributed by atoms with Crippen molar-refractivity contribution in [1.29, 1.82) is 0 Å². The van der Waals surface area contributed by atoms with E-state index in [1.165, 1.54) is 0 Å². The molecule has 1 heterocycles. The van der Waals surface area contributed by atoms with Gasteiger partial charge < -0.3 is 15.4 Å². The van der Waals surface area contributed by atoms with E-state index in [1.54, 1.807) is 17.0 Å². The number of aliphatic hydroxyl groups is 1. The van der Waals surface area contributed by atoms with Gasteiger partial charge in [-0.25, -0.2) is 0 Å². The number of nitrogens with one attached hydrogen (secondary N) is 1. The molecule has 5 heteroatoms. The van der Waals surface area contributed by atoms with Gasteiger partial charge in [-0.05, 0) is 25.0 Å². The van der Waals surface area contributed by atoms with E-state index in [1.807, 2.05) is 12.1 Å². The molecule has 5 nitrogen and oxygen atoms in total. The fourth-order valence-electron chi connectivity index (χ4n) is 2.03. The van der Waals surface area contributed by atoms with Crippen LogP contribution in [0.5, 0.6) is 0 Å². The molecule has 1 aliphatic rings. The molecule has 1 aromatic rings. The quantitative estimate of drug-likeness (QED) is 0.517. The van der Waals surface area contributed by atoms with Gasteiger partial charge in [0.1, 0.15) is 0 Å². The van der Waals surface area contributed by atoms with Crippen LogP contribution in [0.25, 0.3) is 0 Å². The minimum atomic E-state index is -0.276. The highest BCUT2D eigenvalue weighted by molar-refractivity contribution is 5.99. The number of anilines is 1. The maximum absolute atomic E-state index is 12.2. The van der Waals surface area contributed by atoms with Crippen LogP contribution in [0.1, 0.15) is 23.2 Å². The Balaban J connectivity index is 2.14. The lowest BCUT2D eigenvalue weighted by Crippen LogP contribution is -2.40. The molecule has 1 aliphatic heterocycles. The minimum Gasteiger partial charge on any atom is -0.393 e. The first-order chi connectivity index (χ1) is 8.22. The normalized spacial score (nSPS) is 16.9. The Kier molecular flexibility index (Phi) is 3.61. The zero-order valence-corrected chi connectivity index (χ0v) is 9.60. The Bertz CT molecular complexity index is 400. The topological polar surface area (TPSA) is 78.6 Å². The Morgan fingerprint density at radius 2 is 2.00 bits per heavy atom. The summed E-state index contributed by atoms with van der Waals surface area (Å²) in [5.41, 5.74) is 3.73. The molecule has 4 N–H and O–H groups in total. The van der Waals surface area contributed by atoms with E-state index < -0.39 is 0 Å². The van der Waals surface area contributed by atoms with E-state index >= 15 is 0 Å². The summed E-state index contributed by atoms with van der Waals surface area (Å²) < 4.78 is 0. The Morgan fingerprint density at radius 3 is 2.65 bits per heavy atom. The predicted octanol–water partition coefficient (Wildman–Crippen LogP) is 0.569. The van der Waals surface area contributed by atoms with Crippen LogP contribution >= 0.6 is 0 Å². The highest BCUT2D eigenvalue weighted by atomic mass is 16.3. The van der Waals surface area contributed by atoms with Crippen molar-refractivity contribution in [3.8, 4) is 0 Å². The second kappa shape index (κ2) is 5.16. The van der Waals surface area contributed by atoms with Gasteiger partial charge in [0.15, 0.2) is 0 Å². The maximum Gasteiger partial charge on any atom is 0.256 e. The number of hydrazine groups is 1. The lowest BCUT2D eigenvalue weighted by molar-refractivity contribution is 0.0547. The summed E-state index contributed by atoms with van der Waals surface area (Å²) in [5, 5.41) is 9.41. The van der Waals surface area contributed by atoms with Crippen LogP contribution in [-0.4, -0.2) is 35.1 Å². The van der Waals surface area contributed by atoms with Crippen LogP contribution in [0.4, 0.5) is 5.69 Å². The van der Waals surface area contributed by atoms with Gasteiger partial charge in [0.25, 0.3) is 5.91 Å². The summed E-state index contributed by atoms with van der Waals surface area (Å²) in [6.07, 6.45) is 1.01. The van der Waals surface area contributed by atoms with Crippen molar-refractivity contribution in [3.63, 3.8) is 0 Å². The maximum atomic E-state index is 12.2. The average molecular weight is 235 g/mol. The molecule has 0 aromatic heterocycles. The first-order valence-corrected chi connectivity index (χ1v) is 5.75. The molecule has 0 saturated carbocycles. The van der Waals surface area contributed by atoms with Gasteiger partial charge in [-0.2, -0.15) is 0 Å². The van der Waals surface area contributed by atoms with Crippen molar-refractivity contribution in [3.05, 3.63) is 29.8 Å². The molecule has 17 heavy (non-hydrogen) atoms. The van der Waals surface area contributed by atoms with E-state index in [0.29, 0.717) is 37.2 Å². The third kappa shape index (κ3) is 2.57. The summed E-state index contributed by atoms with van der Waals surface area (Å²) >= 11 is 0. The van der Waals surface area contributed by atoms with Crippen LogP contribution in [-0.2, 0) is 0 Å². The van der Waals surface area contributed by atoms with Crippen LogP contribution in [0, 0.1) is 0 Å². The van der Waals surface area contributed by atoms with Gasteiger partial charge in [0.2, 0.25) is 0 Å². The van der Waals surface area contributed by atoms with Crippen molar-refractivity contribution >= 4 is 11.6 Å². The molecule has 92 valence electrons. The number of hydrogen-bond donors (Lipinski definition) is 3. The summed E-state index contributed by atoms with van der Waals surface area (Å²) in [4.78, 5) is 14.0. The van der Waals surface area contributed by atoms with E-state index in [0.717, 1.165) is 0 Å². The van der Waals surface area contributed by atoms with Crippen molar-refractivity contribution in [1.82, 2.24) is 4.90 Å². The largest absolute Gasteiger partial charge is 0.393 e. The Labute approximate surface area is 100 Å². The van der Waals surface area contributed by atoms with Crippen LogP contribution in [0.3, 0.4) is 0 Å². The van der Waals surface area contributed by atoms with Crippen molar-refractivity contribution in [2.75, 3.05) is 18.5 Å². The molecule has 0 radical (unpaired) electrons. The van der Waals surface area contributed by atoms with Gasteiger partial charge in [-0.1, -0.05) is 12.1 Å². The number of hydrogen-bond acceptors (Lipinski definition) is 4. The molecule has 1 amide bonds. The third-order valence-electron chi connectivity index (χ3n) is 3.06. The number of piperidine rings is 1. The highest BCUT2D eigenvalue weighted by Gasteiger charge is 2.23. The Hall–Kier alpha value is -1.59. The van der Waals surface area contributed by atoms with Crippen molar-refractivity contribution < 1.29 is 9.90 Å². The number of amides is 1. The number of carbonyl (C=O) groups excluding carboxylic acids is 1. The number of likely N-dealkylation sites (tertiary alicyclic amines) is 1. The monoisotopic (exact) mass is 235 g/mol. The zero-order chi connectivity index (χ0) is 12.3. The molecule has 2 rings (SSSR count). The van der Waals surface area contributed by atoms with Crippen molar-refractivity contribution in [2.45, 2.75) is 18.9 Å². The molecule has 1 saturated heterocycles. The minimum absolute atomic E-state index is 0.0366. The summed E-state index contributed by atoms with van der Waals surface area (Å²) in [7, 11) is 0. The SMILES string of the molecule is NNc1ccccc1C(=O)N1CCC(O)CC1. The molecule has 1 fully saturated rings. The Morgan fingerprint density at radius 1 is 1.35 bits per heavy atom. The van der Waals surface area contributed by atoms with Gasteiger partial charge >= 0.3 is 0 Å². The van der Waals surface area contributed by atoms with Gasteiger partial charge in [-0.3, -0.25) is 10.6 Å². The summed E-state index contributed by atoms with van der Waals surface area (Å²) in [5.74, 6) is 5.34. The van der Waals surface area contributed by atoms with E-state index in [-0.39, 0.29) is 12.0 Å². The first-order valence-electron chi connectivity index (χ1n) is 5.75. The van der Waals surface area contributed by atoms with Crippen molar-refractivity contribution in [2.24, 2.45) is 5.84 Å². The molecular weight excluding hydrogens is 218 g/mol. The third-order valence-corrected chi connectivity index (χ3v) is 3.06. The number of para-hydroxylation sites is 1. The van der Waals surface area contributed by atoms with Crippen LogP contribution in [0.15, 0.2) is 24.3 Å². The lowest BCUT2D eigenvalue weighted by Gasteiger charge is -2.30. The van der Waals surface area contributed by atoms with Crippen LogP contribution < -0.4 is 11.3 Å². The second-order valence-corrected chi connectivity index (χ2v) is 4.21. The van der Waals surface area contributed by atoms with Gasteiger partial charge in [-0.15, -0.1) is 0 Å². The molecule has 1 aromatic carbocycles. The molecule has 0 spiro atoms. The standard InChI is InChI=1S/C12H17N3O2/c13-14-11-4-2-1-3-10(11)12(17)15-7-5-9(16)6-8-15/h1-4,9,14,16H,5-8,13H2. The van der Waals surface area contributed by atoms with Gasteiger partial charge in [0.05, 0.1) is 17.4 Å². The summed E-state index contributed by atoms with van der Waals surface area (Å²) in [6, 6.07) is 7.16. The number of benzene rings is 1. The number of nitrogens with two attached hydrogens (primary N) is 1. The number of rotatable bonds is 2.